The van der Waals surface area contributed by atoms with E-state index in [1.165, 1.54) is 89.9 Å². The Balaban J connectivity index is 0. The minimum absolute atomic E-state index is 0.952. The quantitative estimate of drug-likeness (QED) is 0.169. The fourth-order valence-corrected chi connectivity index (χ4v) is 2.54. The zero-order valence-corrected chi connectivity index (χ0v) is 15.6. The van der Waals surface area contributed by atoms with Crippen LogP contribution in [0.5, 0.6) is 0 Å². The second-order valence-electron chi connectivity index (χ2n) is 6.69. The van der Waals surface area contributed by atoms with Crippen LogP contribution in [-0.2, 0) is 0 Å². The monoisotopic (exact) mass is 341 g/mol. The van der Waals surface area contributed by atoms with E-state index in [2.05, 4.69) is 20.8 Å². The molecule has 0 bridgehead atoms. The average molecular weight is 341 g/mol. The van der Waals surface area contributed by atoms with E-state index < -0.39 is 7.25 Å². The fraction of sp³-hybridized carbons (Fsp3) is 1.00. The Morgan fingerprint density at radius 3 is 1.22 bits per heavy atom. The first kappa shape index (κ1) is 25.0. The van der Waals surface area contributed by atoms with E-state index >= 15 is 0 Å². The molecule has 1 atom stereocenters. The maximum atomic E-state index is 9.75. The van der Waals surface area contributed by atoms with Gasteiger partial charge in [0.25, 0.3) is 0 Å². The molecule has 0 aliphatic carbocycles. The highest BCUT2D eigenvalue weighted by atomic mass is 19.5. The summed E-state index contributed by atoms with van der Waals surface area (Å²) < 4.78 is 39.0. The van der Waals surface area contributed by atoms with Crippen LogP contribution in [0.3, 0.4) is 0 Å². The summed E-state index contributed by atoms with van der Waals surface area (Å²) in [5.41, 5.74) is 0. The lowest BCUT2D eigenvalue weighted by Gasteiger charge is -2.07. The molecule has 1 unspecified atom stereocenters. The Bertz CT molecular complexity index is 214. The summed E-state index contributed by atoms with van der Waals surface area (Å²) in [4.78, 5) is 0. The molecule has 0 N–H and O–H groups in total. The van der Waals surface area contributed by atoms with Gasteiger partial charge in [-0.3, -0.25) is 0 Å². The fourth-order valence-electron chi connectivity index (χ4n) is 2.54. The Morgan fingerprint density at radius 1 is 0.609 bits per heavy atom. The van der Waals surface area contributed by atoms with Crippen molar-refractivity contribution in [3.8, 4) is 0 Å². The summed E-state index contributed by atoms with van der Waals surface area (Å²) in [6.45, 7) is 6.99. The summed E-state index contributed by atoms with van der Waals surface area (Å²) in [6, 6.07) is 0. The minimum atomic E-state index is -6.00. The SMILES string of the molecule is CCCCCCCCCCCCCCC(C)CC.F[B-](F)(F)F. The smallest absolute Gasteiger partial charge is 0.418 e. The second-order valence-corrected chi connectivity index (χ2v) is 6.69. The molecule has 0 saturated heterocycles. The van der Waals surface area contributed by atoms with Gasteiger partial charge in [-0.1, -0.05) is 111 Å². The van der Waals surface area contributed by atoms with E-state index in [0.717, 1.165) is 5.92 Å². The van der Waals surface area contributed by atoms with Crippen molar-refractivity contribution in [2.75, 3.05) is 0 Å². The van der Waals surface area contributed by atoms with Crippen LogP contribution in [0, 0.1) is 5.92 Å². The van der Waals surface area contributed by atoms with Crippen molar-refractivity contribution in [2.45, 2.75) is 111 Å². The first-order valence-electron chi connectivity index (χ1n) is 9.68. The Kier molecular flexibility index (Phi) is 19.7. The van der Waals surface area contributed by atoms with Crippen molar-refractivity contribution in [2.24, 2.45) is 5.92 Å². The van der Waals surface area contributed by atoms with Crippen LogP contribution in [-0.4, -0.2) is 7.25 Å². The molecule has 0 aromatic carbocycles. The van der Waals surface area contributed by atoms with E-state index in [1.807, 2.05) is 0 Å². The van der Waals surface area contributed by atoms with Gasteiger partial charge in [-0.2, -0.15) is 0 Å². The number of unbranched alkanes of at least 4 members (excludes halogenated alkanes) is 11. The predicted molar refractivity (Wildman–Crippen MR) is 95.3 cm³/mol. The topological polar surface area (TPSA) is 0 Å². The largest absolute Gasteiger partial charge is 0.673 e. The molecule has 0 aliphatic heterocycles. The highest BCUT2D eigenvalue weighted by Crippen LogP contribution is 2.15. The van der Waals surface area contributed by atoms with Gasteiger partial charge in [0.1, 0.15) is 0 Å². The van der Waals surface area contributed by atoms with Gasteiger partial charge in [-0.05, 0) is 5.92 Å². The van der Waals surface area contributed by atoms with Gasteiger partial charge in [-0.15, -0.1) is 0 Å². The Hall–Kier alpha value is -0.215. The average Bonchev–Trinajstić information content (AvgIpc) is 2.46. The maximum absolute atomic E-state index is 9.75. The van der Waals surface area contributed by atoms with Gasteiger partial charge < -0.3 is 17.3 Å². The van der Waals surface area contributed by atoms with Crippen LogP contribution in [0.2, 0.25) is 0 Å². The lowest BCUT2D eigenvalue weighted by Crippen LogP contribution is -2.02. The molecule has 0 radical (unpaired) electrons. The maximum Gasteiger partial charge on any atom is 0.673 e. The van der Waals surface area contributed by atoms with Crippen LogP contribution < -0.4 is 0 Å². The van der Waals surface area contributed by atoms with E-state index in [9.17, 15) is 17.3 Å². The standard InChI is InChI=1S/C18H38.BF4/c1-4-6-7-8-9-10-11-12-13-14-15-16-17-18(3)5-2;2-1(3,4)5/h18H,4-17H2,1-3H3;/q;-1. The van der Waals surface area contributed by atoms with Crippen LogP contribution in [0.1, 0.15) is 111 Å². The van der Waals surface area contributed by atoms with Gasteiger partial charge >= 0.3 is 7.25 Å². The molecule has 0 saturated carbocycles. The van der Waals surface area contributed by atoms with Crippen molar-refractivity contribution >= 4 is 7.25 Å². The highest BCUT2D eigenvalue weighted by molar-refractivity contribution is 6.50. The van der Waals surface area contributed by atoms with Gasteiger partial charge in [-0.25, -0.2) is 0 Å². The number of hydrogen-bond acceptors (Lipinski definition) is 0. The lowest BCUT2D eigenvalue weighted by molar-refractivity contribution is 0.368. The van der Waals surface area contributed by atoms with Crippen molar-refractivity contribution < 1.29 is 17.3 Å². The highest BCUT2D eigenvalue weighted by Gasteiger charge is 2.20. The van der Waals surface area contributed by atoms with Crippen LogP contribution in [0.25, 0.3) is 0 Å². The molecule has 0 aliphatic rings. The summed E-state index contributed by atoms with van der Waals surface area (Å²) >= 11 is 0. The first-order valence-corrected chi connectivity index (χ1v) is 9.68. The molecule has 0 amide bonds. The molecule has 0 rings (SSSR count). The summed E-state index contributed by atoms with van der Waals surface area (Å²) in [6.07, 6.45) is 20.4. The molecule has 23 heavy (non-hydrogen) atoms. The molecule has 0 spiro atoms. The third-order valence-electron chi connectivity index (χ3n) is 4.25. The van der Waals surface area contributed by atoms with E-state index in [-0.39, 0.29) is 0 Å². The van der Waals surface area contributed by atoms with Gasteiger partial charge in [0.15, 0.2) is 0 Å². The van der Waals surface area contributed by atoms with Gasteiger partial charge in [0, 0.05) is 0 Å². The van der Waals surface area contributed by atoms with Crippen molar-refractivity contribution in [3.05, 3.63) is 0 Å². The summed E-state index contributed by atoms with van der Waals surface area (Å²) in [5, 5.41) is 0. The minimum Gasteiger partial charge on any atom is -0.418 e. The number of hydrogen-bond donors (Lipinski definition) is 0. The molecule has 0 aromatic heterocycles. The van der Waals surface area contributed by atoms with Crippen molar-refractivity contribution in [1.82, 2.24) is 0 Å². The zero-order chi connectivity index (χ0) is 18.0. The Labute approximate surface area is 141 Å². The Morgan fingerprint density at radius 2 is 0.913 bits per heavy atom. The first-order chi connectivity index (χ1) is 10.8. The van der Waals surface area contributed by atoms with Crippen LogP contribution in [0.4, 0.5) is 17.3 Å². The molecule has 0 fully saturated rings. The lowest BCUT2D eigenvalue weighted by atomic mass is 9.99. The number of halogens is 4. The van der Waals surface area contributed by atoms with Gasteiger partial charge in [0.05, 0.1) is 0 Å². The van der Waals surface area contributed by atoms with E-state index in [4.69, 9.17) is 0 Å². The van der Waals surface area contributed by atoms with Crippen LogP contribution in [0.15, 0.2) is 0 Å². The molecule has 5 heteroatoms. The summed E-state index contributed by atoms with van der Waals surface area (Å²) in [7, 11) is -6.00. The van der Waals surface area contributed by atoms with E-state index in [1.54, 1.807) is 0 Å². The molecule has 0 heterocycles. The second kappa shape index (κ2) is 18.1. The predicted octanol–water partition coefficient (Wildman–Crippen LogP) is 8.42. The number of rotatable bonds is 14. The normalized spacial score (nSPS) is 12.7. The van der Waals surface area contributed by atoms with Crippen molar-refractivity contribution in [3.63, 3.8) is 0 Å². The molecule has 0 nitrogen and oxygen atoms in total. The molecular formula is C18H38BF4-. The molecular weight excluding hydrogens is 303 g/mol. The molecule has 142 valence electrons. The van der Waals surface area contributed by atoms with E-state index in [0.29, 0.717) is 0 Å². The molecule has 0 aromatic rings. The summed E-state index contributed by atoms with van der Waals surface area (Å²) in [5.74, 6) is 0.952. The van der Waals surface area contributed by atoms with Gasteiger partial charge in [0.2, 0.25) is 0 Å². The third-order valence-corrected chi connectivity index (χ3v) is 4.25. The zero-order valence-electron chi connectivity index (χ0n) is 15.6. The van der Waals surface area contributed by atoms with Crippen LogP contribution >= 0.6 is 0 Å². The third kappa shape index (κ3) is 34.2. The van der Waals surface area contributed by atoms with Crippen molar-refractivity contribution in [1.29, 1.82) is 0 Å².